The SMILES string of the molecule is CC(C)(C)[Si](OC1CC2(CC(CO)C2)C1)(c1ccccc1)c1ccccc1. The molecule has 0 amide bonds. The maximum Gasteiger partial charge on any atom is 0.261 e. The second kappa shape index (κ2) is 6.88. The van der Waals surface area contributed by atoms with Crippen LogP contribution in [0.2, 0.25) is 5.04 Å². The minimum atomic E-state index is -2.41. The minimum Gasteiger partial charge on any atom is -0.404 e. The Labute approximate surface area is 164 Å². The van der Waals surface area contributed by atoms with Gasteiger partial charge in [-0.15, -0.1) is 0 Å². The highest BCUT2D eigenvalue weighted by molar-refractivity contribution is 6.99. The molecule has 2 fully saturated rings. The van der Waals surface area contributed by atoms with Gasteiger partial charge in [0.15, 0.2) is 0 Å². The van der Waals surface area contributed by atoms with E-state index >= 15 is 0 Å². The highest BCUT2D eigenvalue weighted by Crippen LogP contribution is 2.60. The Morgan fingerprint density at radius 1 is 0.889 bits per heavy atom. The van der Waals surface area contributed by atoms with Crippen molar-refractivity contribution in [3.63, 3.8) is 0 Å². The molecule has 0 heterocycles. The van der Waals surface area contributed by atoms with Crippen molar-refractivity contribution in [2.45, 2.75) is 57.6 Å². The molecule has 0 unspecified atom stereocenters. The van der Waals surface area contributed by atoms with E-state index in [9.17, 15) is 5.11 Å². The molecule has 27 heavy (non-hydrogen) atoms. The molecule has 144 valence electrons. The van der Waals surface area contributed by atoms with Crippen molar-refractivity contribution < 1.29 is 9.53 Å². The zero-order valence-corrected chi connectivity index (χ0v) is 17.8. The first-order chi connectivity index (χ1) is 12.9. The van der Waals surface area contributed by atoms with Crippen molar-refractivity contribution in [1.82, 2.24) is 0 Å². The molecule has 0 aromatic heterocycles. The average molecular weight is 381 g/mol. The van der Waals surface area contributed by atoms with Gasteiger partial charge in [0.2, 0.25) is 0 Å². The third-order valence-corrected chi connectivity index (χ3v) is 11.9. The molecule has 1 spiro atoms. The molecule has 0 atom stereocenters. The smallest absolute Gasteiger partial charge is 0.261 e. The average Bonchev–Trinajstić information content (AvgIpc) is 2.60. The van der Waals surface area contributed by atoms with Gasteiger partial charge in [0.1, 0.15) is 0 Å². The van der Waals surface area contributed by atoms with Crippen LogP contribution in [0.3, 0.4) is 0 Å². The minimum absolute atomic E-state index is 0.0473. The predicted octanol–water partition coefficient (Wildman–Crippen LogP) is 4.11. The van der Waals surface area contributed by atoms with Gasteiger partial charge >= 0.3 is 0 Å². The van der Waals surface area contributed by atoms with Gasteiger partial charge in [0, 0.05) is 12.7 Å². The Morgan fingerprint density at radius 2 is 1.37 bits per heavy atom. The van der Waals surface area contributed by atoms with Gasteiger partial charge in [-0.2, -0.15) is 0 Å². The normalized spacial score (nSPS) is 27.9. The Hall–Kier alpha value is -1.42. The van der Waals surface area contributed by atoms with Crippen LogP contribution in [0.15, 0.2) is 60.7 Å². The van der Waals surface area contributed by atoms with Crippen LogP contribution in [0.1, 0.15) is 46.5 Å². The molecule has 3 heteroatoms. The van der Waals surface area contributed by atoms with Crippen molar-refractivity contribution in [2.24, 2.45) is 11.3 Å². The van der Waals surface area contributed by atoms with Crippen LogP contribution in [-0.4, -0.2) is 26.1 Å². The van der Waals surface area contributed by atoms with E-state index in [1.807, 2.05) is 0 Å². The van der Waals surface area contributed by atoms with E-state index in [1.165, 1.54) is 23.2 Å². The molecular weight excluding hydrogens is 348 g/mol. The van der Waals surface area contributed by atoms with Crippen molar-refractivity contribution in [3.05, 3.63) is 60.7 Å². The molecule has 2 nitrogen and oxygen atoms in total. The predicted molar refractivity (Wildman–Crippen MR) is 114 cm³/mol. The fraction of sp³-hybridized carbons (Fsp3) is 0.500. The summed E-state index contributed by atoms with van der Waals surface area (Å²) in [5, 5.41) is 12.2. The summed E-state index contributed by atoms with van der Waals surface area (Å²) in [6.07, 6.45) is 5.03. The van der Waals surface area contributed by atoms with E-state index in [4.69, 9.17) is 4.43 Å². The molecule has 1 N–H and O–H groups in total. The topological polar surface area (TPSA) is 29.5 Å². The Bertz CT molecular complexity index is 712. The van der Waals surface area contributed by atoms with Crippen LogP contribution in [0.4, 0.5) is 0 Å². The van der Waals surface area contributed by atoms with Crippen molar-refractivity contribution >= 4 is 18.7 Å². The third-order valence-electron chi connectivity index (χ3n) is 6.78. The number of hydrogen-bond acceptors (Lipinski definition) is 2. The first-order valence-electron chi connectivity index (χ1n) is 10.3. The van der Waals surface area contributed by atoms with Crippen LogP contribution in [0, 0.1) is 11.3 Å². The summed E-state index contributed by atoms with van der Waals surface area (Å²) in [6, 6.07) is 21.9. The second-order valence-corrected chi connectivity index (χ2v) is 14.0. The van der Waals surface area contributed by atoms with E-state index in [0.29, 0.717) is 24.0 Å². The summed E-state index contributed by atoms with van der Waals surface area (Å²) in [7, 11) is -2.41. The van der Waals surface area contributed by atoms with Crippen LogP contribution >= 0.6 is 0 Å². The van der Waals surface area contributed by atoms with Crippen molar-refractivity contribution in [2.75, 3.05) is 6.61 Å². The van der Waals surface area contributed by atoms with Gasteiger partial charge in [-0.05, 0) is 52.4 Å². The fourth-order valence-electron chi connectivity index (χ4n) is 5.56. The van der Waals surface area contributed by atoms with Crippen molar-refractivity contribution in [1.29, 1.82) is 0 Å². The van der Waals surface area contributed by atoms with Gasteiger partial charge in [-0.3, -0.25) is 0 Å². The maximum atomic E-state index is 9.37. The maximum absolute atomic E-state index is 9.37. The zero-order chi connectivity index (χ0) is 19.1. The van der Waals surface area contributed by atoms with E-state index in [-0.39, 0.29) is 5.04 Å². The molecular formula is C24H32O2Si. The van der Waals surface area contributed by atoms with E-state index in [0.717, 1.165) is 12.8 Å². The monoisotopic (exact) mass is 380 g/mol. The van der Waals surface area contributed by atoms with Crippen LogP contribution in [0.25, 0.3) is 0 Å². The number of benzene rings is 2. The first kappa shape index (κ1) is 18.9. The Morgan fingerprint density at radius 3 is 1.78 bits per heavy atom. The third kappa shape index (κ3) is 3.20. The molecule has 2 saturated carbocycles. The van der Waals surface area contributed by atoms with Gasteiger partial charge in [0.25, 0.3) is 8.32 Å². The van der Waals surface area contributed by atoms with Gasteiger partial charge in [0.05, 0.1) is 0 Å². The second-order valence-electron chi connectivity index (χ2n) is 9.77. The van der Waals surface area contributed by atoms with Crippen LogP contribution in [0.5, 0.6) is 0 Å². The Balaban J connectivity index is 1.67. The summed E-state index contributed by atoms with van der Waals surface area (Å²) in [4.78, 5) is 0. The lowest BCUT2D eigenvalue weighted by Crippen LogP contribution is -2.69. The molecule has 0 aliphatic heterocycles. The largest absolute Gasteiger partial charge is 0.404 e. The van der Waals surface area contributed by atoms with Gasteiger partial charge < -0.3 is 9.53 Å². The molecule has 0 bridgehead atoms. The molecule has 2 aromatic carbocycles. The quantitative estimate of drug-likeness (QED) is 0.791. The summed E-state index contributed by atoms with van der Waals surface area (Å²) >= 11 is 0. The molecule has 2 aliphatic carbocycles. The number of hydrogen-bond donors (Lipinski definition) is 1. The summed E-state index contributed by atoms with van der Waals surface area (Å²) < 4.78 is 7.19. The van der Waals surface area contributed by atoms with Gasteiger partial charge in [-0.1, -0.05) is 81.4 Å². The molecule has 2 aromatic rings. The standard InChI is InChI=1S/C24H32O2Si/c1-23(2,3)27(21-10-6-4-7-11-21,22-12-8-5-9-13-22)26-20-16-24(17-20)14-19(15-24)18-25/h4-13,19-20,25H,14-18H2,1-3H3. The molecule has 2 aliphatic rings. The lowest BCUT2D eigenvalue weighted by molar-refractivity contribution is -0.113. The molecule has 0 radical (unpaired) electrons. The summed E-state index contributed by atoms with van der Waals surface area (Å²) in [5.74, 6) is 0.527. The van der Waals surface area contributed by atoms with E-state index in [1.54, 1.807) is 0 Å². The first-order valence-corrected chi connectivity index (χ1v) is 12.2. The number of aliphatic hydroxyl groups is 1. The highest BCUT2D eigenvalue weighted by atomic mass is 28.4. The van der Waals surface area contributed by atoms with Gasteiger partial charge in [-0.25, -0.2) is 0 Å². The van der Waals surface area contributed by atoms with E-state index < -0.39 is 8.32 Å². The number of rotatable bonds is 5. The van der Waals surface area contributed by atoms with Crippen molar-refractivity contribution in [3.8, 4) is 0 Å². The zero-order valence-electron chi connectivity index (χ0n) is 16.8. The van der Waals surface area contributed by atoms with E-state index in [2.05, 4.69) is 81.4 Å². The number of aliphatic hydroxyl groups excluding tert-OH is 1. The fourth-order valence-corrected chi connectivity index (χ4v) is 10.2. The molecule has 0 saturated heterocycles. The lowest BCUT2D eigenvalue weighted by atomic mass is 9.51. The lowest BCUT2D eigenvalue weighted by Gasteiger charge is -2.59. The Kier molecular flexibility index (Phi) is 4.82. The summed E-state index contributed by atoms with van der Waals surface area (Å²) in [6.45, 7) is 7.39. The van der Waals surface area contributed by atoms with Crippen LogP contribution < -0.4 is 10.4 Å². The summed E-state index contributed by atoms with van der Waals surface area (Å²) in [5.41, 5.74) is 0.462. The highest BCUT2D eigenvalue weighted by Gasteiger charge is 2.58. The molecule has 4 rings (SSSR count). The van der Waals surface area contributed by atoms with Crippen LogP contribution in [-0.2, 0) is 4.43 Å².